The highest BCUT2D eigenvalue weighted by Gasteiger charge is 2.09. The number of H-pyrrole nitrogens is 1. The highest BCUT2D eigenvalue weighted by Crippen LogP contribution is 2.24. The maximum atomic E-state index is 12.4. The number of fused-ring (bicyclic) bond motifs is 2. The molecule has 264 valence electrons. The molecule has 12 nitrogen and oxygen atoms in total. The molecule has 7 aromatic rings. The van der Waals surface area contributed by atoms with Crippen molar-refractivity contribution >= 4 is 21.9 Å². The Labute approximate surface area is 298 Å². The summed E-state index contributed by atoms with van der Waals surface area (Å²) in [6.45, 7) is 3.36. The van der Waals surface area contributed by atoms with Crippen LogP contribution in [-0.2, 0) is 22.4 Å². The smallest absolute Gasteiger partial charge is 0.259 e. The lowest BCUT2D eigenvalue weighted by Gasteiger charge is -2.09. The zero-order chi connectivity index (χ0) is 35.5. The number of ether oxygens (including phenoxy) is 4. The average molecular weight is 700 g/mol. The van der Waals surface area contributed by atoms with E-state index in [0.29, 0.717) is 85.4 Å². The number of nitrogens with one attached hydrogen (secondary N) is 1. The Balaban J connectivity index is 0.734. The van der Waals surface area contributed by atoms with Crippen LogP contribution in [0.5, 0.6) is 11.5 Å². The number of aromatic nitrogens is 5. The van der Waals surface area contributed by atoms with E-state index in [1.54, 1.807) is 22.9 Å². The van der Waals surface area contributed by atoms with Gasteiger partial charge in [0.05, 0.1) is 61.6 Å². The van der Waals surface area contributed by atoms with Gasteiger partial charge < -0.3 is 28.3 Å². The molecule has 3 aromatic heterocycles. The Morgan fingerprint density at radius 2 is 1.37 bits per heavy atom. The molecular weight excluding hydrogens is 662 g/mol. The minimum Gasteiger partial charge on any atom is -0.494 e. The summed E-state index contributed by atoms with van der Waals surface area (Å²) in [4.78, 5) is 32.2. The third-order valence-electron chi connectivity index (χ3n) is 8.28. The molecule has 0 atom stereocenters. The second-order valence-corrected chi connectivity index (χ2v) is 11.9. The van der Waals surface area contributed by atoms with E-state index in [0.717, 1.165) is 35.4 Å². The number of rotatable bonds is 17. The van der Waals surface area contributed by atoms with Gasteiger partial charge in [0.2, 0.25) is 0 Å². The predicted molar refractivity (Wildman–Crippen MR) is 197 cm³/mol. The Hall–Kier alpha value is -6.11. The van der Waals surface area contributed by atoms with E-state index in [2.05, 4.69) is 20.3 Å². The number of para-hydroxylation sites is 2. The van der Waals surface area contributed by atoms with Crippen LogP contribution in [0.25, 0.3) is 44.6 Å². The third-order valence-corrected chi connectivity index (χ3v) is 8.28. The van der Waals surface area contributed by atoms with Crippen LogP contribution in [0.2, 0.25) is 0 Å². The number of hydrogen-bond acceptors (Lipinski definition) is 10. The quantitative estimate of drug-likeness (QED) is 0.111. The van der Waals surface area contributed by atoms with Crippen molar-refractivity contribution in [1.29, 1.82) is 0 Å². The van der Waals surface area contributed by atoms with Gasteiger partial charge >= 0.3 is 0 Å². The molecule has 0 saturated carbocycles. The van der Waals surface area contributed by atoms with Gasteiger partial charge in [-0.15, -0.1) is 5.10 Å². The van der Waals surface area contributed by atoms with Gasteiger partial charge in [-0.3, -0.25) is 9.59 Å². The van der Waals surface area contributed by atoms with Gasteiger partial charge in [0.15, 0.2) is 5.43 Å². The molecule has 0 spiro atoms. The molecule has 0 aliphatic heterocycles. The van der Waals surface area contributed by atoms with Crippen LogP contribution in [0.4, 0.5) is 0 Å². The van der Waals surface area contributed by atoms with E-state index in [4.69, 9.17) is 23.4 Å². The Kier molecular flexibility index (Phi) is 11.1. The van der Waals surface area contributed by atoms with Crippen molar-refractivity contribution in [1.82, 2.24) is 25.0 Å². The fraction of sp³-hybridized carbons (Fsp3) is 0.225. The molecule has 0 radical (unpaired) electrons. The topological polar surface area (TPSA) is 144 Å². The van der Waals surface area contributed by atoms with Gasteiger partial charge in [-0.2, -0.15) is 0 Å². The van der Waals surface area contributed by atoms with Crippen LogP contribution in [0.3, 0.4) is 0 Å². The van der Waals surface area contributed by atoms with Gasteiger partial charge in [-0.05, 0) is 85.6 Å². The fourth-order valence-electron chi connectivity index (χ4n) is 5.60. The highest BCUT2D eigenvalue weighted by atomic mass is 16.5. The van der Waals surface area contributed by atoms with Crippen molar-refractivity contribution in [2.24, 2.45) is 0 Å². The summed E-state index contributed by atoms with van der Waals surface area (Å²) in [5.41, 5.74) is 3.49. The Morgan fingerprint density at radius 3 is 2.17 bits per heavy atom. The van der Waals surface area contributed by atoms with Crippen molar-refractivity contribution in [3.05, 3.63) is 136 Å². The number of aryl methyl sites for hydroxylation is 1. The van der Waals surface area contributed by atoms with Crippen LogP contribution in [0.1, 0.15) is 12.1 Å². The number of aromatic amines is 1. The van der Waals surface area contributed by atoms with E-state index >= 15 is 0 Å². The monoisotopic (exact) mass is 699 g/mol. The molecule has 52 heavy (non-hydrogen) atoms. The lowest BCUT2D eigenvalue weighted by molar-refractivity contribution is 0.0333. The zero-order valence-electron chi connectivity index (χ0n) is 28.4. The first-order chi connectivity index (χ1) is 25.6. The van der Waals surface area contributed by atoms with Crippen LogP contribution in [-0.4, -0.2) is 64.6 Å². The first-order valence-corrected chi connectivity index (χ1v) is 17.1. The Bertz CT molecular complexity index is 2350. The summed E-state index contributed by atoms with van der Waals surface area (Å²) in [6.07, 6.45) is 3.45. The van der Waals surface area contributed by atoms with Crippen molar-refractivity contribution in [2.75, 3.05) is 39.6 Å². The molecule has 12 heteroatoms. The molecule has 3 heterocycles. The molecule has 0 amide bonds. The average Bonchev–Trinajstić information content (AvgIpc) is 3.64. The molecule has 0 aliphatic rings. The first kappa shape index (κ1) is 34.3. The van der Waals surface area contributed by atoms with Crippen LogP contribution in [0, 0.1) is 0 Å². The normalized spacial score (nSPS) is 11.3. The first-order valence-electron chi connectivity index (χ1n) is 17.1. The van der Waals surface area contributed by atoms with E-state index in [1.807, 2.05) is 85.1 Å². The summed E-state index contributed by atoms with van der Waals surface area (Å²) in [5, 5.41) is 9.57. The third kappa shape index (κ3) is 8.78. The van der Waals surface area contributed by atoms with Crippen LogP contribution >= 0.6 is 0 Å². The molecule has 0 fully saturated rings. The lowest BCUT2D eigenvalue weighted by Crippen LogP contribution is -2.13. The maximum absolute atomic E-state index is 12.4. The molecule has 7 rings (SSSR count). The maximum Gasteiger partial charge on any atom is 0.259 e. The van der Waals surface area contributed by atoms with Gasteiger partial charge in [-0.25, -0.2) is 9.67 Å². The summed E-state index contributed by atoms with van der Waals surface area (Å²) in [6, 6.07) is 30.9. The minimum atomic E-state index is -0.160. The Morgan fingerprint density at radius 1 is 0.692 bits per heavy atom. The molecule has 4 aromatic carbocycles. The number of hydrogen-bond donors (Lipinski definition) is 1. The predicted octanol–water partition coefficient (Wildman–Crippen LogP) is 6.08. The van der Waals surface area contributed by atoms with E-state index in [-0.39, 0.29) is 11.0 Å². The number of nitrogens with zero attached hydrogens (tertiary/aromatic N) is 4. The minimum absolute atomic E-state index is 0.0715. The molecule has 0 unspecified atom stereocenters. The molecule has 0 bridgehead atoms. The van der Waals surface area contributed by atoms with Crippen molar-refractivity contribution in [3.63, 3.8) is 0 Å². The molecule has 0 aliphatic carbocycles. The van der Waals surface area contributed by atoms with Crippen molar-refractivity contribution in [3.8, 4) is 34.2 Å². The summed E-state index contributed by atoms with van der Waals surface area (Å²) in [7, 11) is 0. The molecule has 1 N–H and O–H groups in total. The zero-order valence-corrected chi connectivity index (χ0v) is 28.4. The van der Waals surface area contributed by atoms with Gasteiger partial charge in [-0.1, -0.05) is 29.5 Å². The van der Waals surface area contributed by atoms with Gasteiger partial charge in [0, 0.05) is 23.4 Å². The van der Waals surface area contributed by atoms with Crippen LogP contribution in [0.15, 0.2) is 123 Å². The number of benzene rings is 4. The largest absolute Gasteiger partial charge is 0.494 e. The second-order valence-electron chi connectivity index (χ2n) is 11.9. The van der Waals surface area contributed by atoms with E-state index in [1.165, 1.54) is 6.07 Å². The molecule has 0 saturated heterocycles. The van der Waals surface area contributed by atoms with Crippen molar-refractivity contribution < 1.29 is 23.4 Å². The van der Waals surface area contributed by atoms with E-state index in [9.17, 15) is 9.59 Å². The van der Waals surface area contributed by atoms with Crippen LogP contribution < -0.4 is 20.5 Å². The standard InChI is InChI=1S/C40H37N5O7/c46-36-26-38(52-37-10-4-2-8-34(36)37)28-11-15-32(16-12-28)51-25-24-49-23-22-48-21-19-45-27-30(43-44-45)6-5-20-50-31-17-13-29(14-18-31)39-41-35-9-3-1-7-33(35)40(47)42-39/h1-4,7-18,26-27H,5-6,19-25H2,(H,41,42,47). The SMILES string of the molecule is O=c1[nH]c(-c2ccc(OCCCc3cn(CCOCCOCCOc4ccc(-c5cc(=O)c6ccccc6o5)cc4)nn3)cc2)nc2ccccc12. The fourth-order valence-corrected chi connectivity index (χ4v) is 5.60. The summed E-state index contributed by atoms with van der Waals surface area (Å²) < 4.78 is 30.7. The second kappa shape index (κ2) is 16.7. The molecular formula is C40H37N5O7. The lowest BCUT2D eigenvalue weighted by atomic mass is 10.1. The van der Waals surface area contributed by atoms with Gasteiger partial charge in [0.25, 0.3) is 5.56 Å². The van der Waals surface area contributed by atoms with Crippen molar-refractivity contribution in [2.45, 2.75) is 19.4 Å². The van der Waals surface area contributed by atoms with E-state index < -0.39 is 0 Å². The highest BCUT2D eigenvalue weighted by molar-refractivity contribution is 5.80. The summed E-state index contributed by atoms with van der Waals surface area (Å²) >= 11 is 0. The summed E-state index contributed by atoms with van der Waals surface area (Å²) in [5.74, 6) is 2.48. The van der Waals surface area contributed by atoms with Gasteiger partial charge in [0.1, 0.15) is 35.3 Å².